The monoisotopic (exact) mass is 308 g/mol. The van der Waals surface area contributed by atoms with E-state index in [0.29, 0.717) is 5.56 Å². The van der Waals surface area contributed by atoms with Crippen molar-refractivity contribution in [2.45, 2.75) is 19.9 Å². The highest BCUT2D eigenvalue weighted by Crippen LogP contribution is 2.24. The molecule has 114 valence electrons. The van der Waals surface area contributed by atoms with Crippen molar-refractivity contribution >= 4 is 21.7 Å². The molecule has 0 saturated carbocycles. The molecule has 5 nitrogen and oxygen atoms in total. The van der Waals surface area contributed by atoms with Crippen LogP contribution in [0.5, 0.6) is 5.75 Å². The molecule has 2 rings (SSSR count). The Morgan fingerprint density at radius 3 is 2.62 bits per heavy atom. The Kier molecular flexibility index (Phi) is 4.67. The van der Waals surface area contributed by atoms with Gasteiger partial charge in [-0.1, -0.05) is 0 Å². The third-order valence-corrected chi connectivity index (χ3v) is 4.84. The number of nitrogens with zero attached hydrogens (tertiary/aromatic N) is 2. The molecule has 0 aromatic heterocycles. The third kappa shape index (κ3) is 3.85. The zero-order valence-electron chi connectivity index (χ0n) is 12.2. The zero-order valence-corrected chi connectivity index (χ0v) is 13.0. The topological polar surface area (TPSA) is 70.0 Å². The van der Waals surface area contributed by atoms with E-state index >= 15 is 0 Å². The standard InChI is InChI=1S/C15H20N2O3S/c1-3-17(4-2)14-6-5-12(15(18)9-14)10-16-13-7-8-21(19,20)11-13/h5-10,13,18H,3-4,11H2,1-2H3/t13-/m0/s1. The fourth-order valence-corrected chi connectivity index (χ4v) is 3.46. The van der Waals surface area contributed by atoms with Gasteiger partial charge in [0.05, 0.1) is 11.8 Å². The van der Waals surface area contributed by atoms with Crippen molar-refractivity contribution in [2.24, 2.45) is 4.99 Å². The Labute approximate surface area is 125 Å². The predicted molar refractivity (Wildman–Crippen MR) is 86.0 cm³/mol. The summed E-state index contributed by atoms with van der Waals surface area (Å²) in [7, 11) is -3.10. The number of hydrogen-bond acceptors (Lipinski definition) is 5. The first-order chi connectivity index (χ1) is 9.95. The van der Waals surface area contributed by atoms with Crippen LogP contribution in [0.3, 0.4) is 0 Å². The molecular weight excluding hydrogens is 288 g/mol. The van der Waals surface area contributed by atoms with E-state index in [-0.39, 0.29) is 17.5 Å². The van der Waals surface area contributed by atoms with E-state index in [1.165, 1.54) is 11.6 Å². The first kappa shape index (κ1) is 15.6. The number of anilines is 1. The van der Waals surface area contributed by atoms with Gasteiger partial charge >= 0.3 is 0 Å². The summed E-state index contributed by atoms with van der Waals surface area (Å²) in [5.74, 6) is 0.148. The van der Waals surface area contributed by atoms with E-state index in [1.807, 2.05) is 6.07 Å². The highest BCUT2D eigenvalue weighted by Gasteiger charge is 2.20. The summed E-state index contributed by atoms with van der Waals surface area (Å²) in [6.45, 7) is 5.85. The van der Waals surface area contributed by atoms with Crippen LogP contribution in [0.15, 0.2) is 34.7 Å². The molecule has 1 heterocycles. The zero-order chi connectivity index (χ0) is 15.5. The van der Waals surface area contributed by atoms with Crippen LogP contribution in [0.25, 0.3) is 0 Å². The number of benzene rings is 1. The molecule has 0 amide bonds. The molecule has 0 spiro atoms. The van der Waals surface area contributed by atoms with Crippen LogP contribution in [0.4, 0.5) is 5.69 Å². The van der Waals surface area contributed by atoms with Crippen molar-refractivity contribution in [3.8, 4) is 5.75 Å². The van der Waals surface area contributed by atoms with Crippen LogP contribution >= 0.6 is 0 Å². The van der Waals surface area contributed by atoms with E-state index < -0.39 is 9.84 Å². The summed E-state index contributed by atoms with van der Waals surface area (Å²) in [6.07, 6.45) is 3.09. The highest BCUT2D eigenvalue weighted by molar-refractivity contribution is 7.94. The molecule has 0 radical (unpaired) electrons. The molecule has 0 bridgehead atoms. The normalized spacial score (nSPS) is 20.2. The van der Waals surface area contributed by atoms with Crippen molar-refractivity contribution < 1.29 is 13.5 Å². The van der Waals surface area contributed by atoms with Crippen molar-refractivity contribution in [1.82, 2.24) is 0 Å². The molecular formula is C15H20N2O3S. The summed E-state index contributed by atoms with van der Waals surface area (Å²) < 4.78 is 22.6. The SMILES string of the molecule is CCN(CC)c1ccc(C=N[C@H]2C=CS(=O)(=O)C2)c(O)c1. The van der Waals surface area contributed by atoms with Gasteiger partial charge in [0.1, 0.15) is 5.75 Å². The Morgan fingerprint density at radius 2 is 2.10 bits per heavy atom. The maximum absolute atomic E-state index is 11.3. The first-order valence-electron chi connectivity index (χ1n) is 6.97. The van der Waals surface area contributed by atoms with E-state index in [4.69, 9.17) is 0 Å². The molecule has 6 heteroatoms. The lowest BCUT2D eigenvalue weighted by atomic mass is 10.1. The lowest BCUT2D eigenvalue weighted by molar-refractivity contribution is 0.474. The van der Waals surface area contributed by atoms with Gasteiger partial charge in [0.2, 0.25) is 0 Å². The predicted octanol–water partition coefficient (Wildman–Crippen LogP) is 1.97. The maximum atomic E-state index is 11.3. The number of rotatable bonds is 5. The van der Waals surface area contributed by atoms with Gasteiger partial charge in [0.15, 0.2) is 9.84 Å². The highest BCUT2D eigenvalue weighted by atomic mass is 32.2. The molecule has 1 aromatic carbocycles. The van der Waals surface area contributed by atoms with Gasteiger partial charge in [-0.3, -0.25) is 4.99 Å². The van der Waals surface area contributed by atoms with E-state index in [2.05, 4.69) is 23.7 Å². The van der Waals surface area contributed by atoms with Crippen LogP contribution < -0.4 is 4.90 Å². The first-order valence-corrected chi connectivity index (χ1v) is 8.69. The van der Waals surface area contributed by atoms with Crippen molar-refractivity contribution in [3.63, 3.8) is 0 Å². The Hall–Kier alpha value is -1.82. The second-order valence-electron chi connectivity index (χ2n) is 4.92. The fraction of sp³-hybridized carbons (Fsp3) is 0.400. The maximum Gasteiger partial charge on any atom is 0.173 e. The average molecular weight is 308 g/mol. The van der Waals surface area contributed by atoms with Gasteiger partial charge < -0.3 is 10.0 Å². The summed E-state index contributed by atoms with van der Waals surface area (Å²) in [5.41, 5.74) is 1.54. The molecule has 1 aromatic rings. The van der Waals surface area contributed by atoms with Crippen molar-refractivity contribution in [3.05, 3.63) is 35.2 Å². The lowest BCUT2D eigenvalue weighted by Crippen LogP contribution is -2.21. The minimum absolute atomic E-state index is 0.00178. The van der Waals surface area contributed by atoms with E-state index in [1.54, 1.807) is 18.2 Å². The Morgan fingerprint density at radius 1 is 1.38 bits per heavy atom. The number of hydrogen-bond donors (Lipinski definition) is 1. The molecule has 0 aliphatic carbocycles. The van der Waals surface area contributed by atoms with Crippen LogP contribution in [0.2, 0.25) is 0 Å². The Balaban J connectivity index is 2.13. The summed E-state index contributed by atoms with van der Waals surface area (Å²) in [4.78, 5) is 6.33. The van der Waals surface area contributed by atoms with Crippen LogP contribution in [0.1, 0.15) is 19.4 Å². The molecule has 1 aliphatic rings. The van der Waals surface area contributed by atoms with Crippen LogP contribution in [-0.4, -0.2) is 44.6 Å². The number of aromatic hydroxyl groups is 1. The number of sulfone groups is 1. The average Bonchev–Trinajstić information content (AvgIpc) is 2.79. The van der Waals surface area contributed by atoms with Gasteiger partial charge in [-0.2, -0.15) is 0 Å². The molecule has 0 saturated heterocycles. The number of aliphatic imine (C=N–C) groups is 1. The van der Waals surface area contributed by atoms with Crippen LogP contribution in [-0.2, 0) is 9.84 Å². The molecule has 1 N–H and O–H groups in total. The molecule has 21 heavy (non-hydrogen) atoms. The largest absolute Gasteiger partial charge is 0.507 e. The van der Waals surface area contributed by atoms with Crippen molar-refractivity contribution in [1.29, 1.82) is 0 Å². The van der Waals surface area contributed by atoms with Gasteiger partial charge in [-0.25, -0.2) is 8.42 Å². The summed E-state index contributed by atoms with van der Waals surface area (Å²) >= 11 is 0. The summed E-state index contributed by atoms with van der Waals surface area (Å²) in [6, 6.07) is 5.06. The second kappa shape index (κ2) is 6.30. The van der Waals surface area contributed by atoms with Gasteiger partial charge in [-0.15, -0.1) is 0 Å². The van der Waals surface area contributed by atoms with Crippen LogP contribution in [0, 0.1) is 0 Å². The second-order valence-corrected chi connectivity index (χ2v) is 6.85. The molecule has 1 aliphatic heterocycles. The smallest absolute Gasteiger partial charge is 0.173 e. The molecule has 0 fully saturated rings. The van der Waals surface area contributed by atoms with Gasteiger partial charge in [-0.05, 0) is 32.1 Å². The minimum Gasteiger partial charge on any atom is -0.507 e. The number of phenols is 1. The lowest BCUT2D eigenvalue weighted by Gasteiger charge is -2.21. The van der Waals surface area contributed by atoms with E-state index in [9.17, 15) is 13.5 Å². The molecule has 0 unspecified atom stereocenters. The third-order valence-electron chi connectivity index (χ3n) is 3.46. The molecule has 1 atom stereocenters. The van der Waals surface area contributed by atoms with Gasteiger partial charge in [0, 0.05) is 42.0 Å². The number of phenolic OH excluding ortho intramolecular Hbond substituents is 1. The van der Waals surface area contributed by atoms with E-state index in [0.717, 1.165) is 18.8 Å². The summed E-state index contributed by atoms with van der Waals surface area (Å²) in [5, 5.41) is 11.2. The van der Waals surface area contributed by atoms with Gasteiger partial charge in [0.25, 0.3) is 0 Å². The fourth-order valence-electron chi connectivity index (χ4n) is 2.25. The Bertz CT molecular complexity index is 661. The quantitative estimate of drug-likeness (QED) is 0.844. The minimum atomic E-state index is -3.10. The van der Waals surface area contributed by atoms with Crippen molar-refractivity contribution in [2.75, 3.05) is 23.7 Å².